The number of rotatable bonds is 9. The van der Waals surface area contributed by atoms with Gasteiger partial charge in [-0.15, -0.1) is 0 Å². The lowest BCUT2D eigenvalue weighted by Gasteiger charge is -2.16. The molecule has 0 radical (unpaired) electrons. The Labute approximate surface area is 212 Å². The van der Waals surface area contributed by atoms with E-state index < -0.39 is 17.2 Å². The van der Waals surface area contributed by atoms with Crippen molar-refractivity contribution in [1.82, 2.24) is 9.13 Å². The molecule has 1 fully saturated rings. The number of hydrogen-bond acceptors (Lipinski definition) is 6. The number of hydrogen-bond donors (Lipinski definition) is 1. The summed E-state index contributed by atoms with van der Waals surface area (Å²) in [6.07, 6.45) is 4.51. The minimum atomic E-state index is -0.714. The topological polar surface area (TPSA) is 109 Å². The van der Waals surface area contributed by atoms with Gasteiger partial charge in [0.2, 0.25) is 5.91 Å². The van der Waals surface area contributed by atoms with Gasteiger partial charge in [-0.25, -0.2) is 4.79 Å². The van der Waals surface area contributed by atoms with Crippen LogP contribution in [0.2, 0.25) is 5.02 Å². The summed E-state index contributed by atoms with van der Waals surface area (Å²) in [7, 11) is 2.90. The summed E-state index contributed by atoms with van der Waals surface area (Å²) >= 11 is 6.20. The fourth-order valence-electron chi connectivity index (χ4n) is 4.73. The minimum Gasteiger partial charge on any atom is -0.495 e. The van der Waals surface area contributed by atoms with Crippen LogP contribution in [0.1, 0.15) is 32.1 Å². The first kappa shape index (κ1) is 25.5. The molecule has 1 amide bonds. The largest absolute Gasteiger partial charge is 0.495 e. The highest BCUT2D eigenvalue weighted by Crippen LogP contribution is 2.36. The number of fused-ring (bicyclic) bond motifs is 1. The van der Waals surface area contributed by atoms with Gasteiger partial charge in [-0.3, -0.25) is 23.5 Å². The second kappa shape index (κ2) is 11.0. The molecule has 1 saturated carbocycles. The molecule has 0 atom stereocenters. The molecule has 3 aromatic rings. The van der Waals surface area contributed by atoms with Crippen molar-refractivity contribution in [2.24, 2.45) is 5.92 Å². The number of para-hydroxylation sites is 1. The number of carbonyl (C=O) groups excluding carboxylic acids is 2. The van der Waals surface area contributed by atoms with E-state index in [1.54, 1.807) is 24.3 Å². The van der Waals surface area contributed by atoms with E-state index in [1.165, 1.54) is 30.9 Å². The van der Waals surface area contributed by atoms with E-state index in [1.807, 2.05) is 0 Å². The summed E-state index contributed by atoms with van der Waals surface area (Å²) in [6, 6.07) is 9.55. The van der Waals surface area contributed by atoms with Crippen molar-refractivity contribution in [3.63, 3.8) is 0 Å². The molecule has 2 aromatic carbocycles. The maximum Gasteiger partial charge on any atom is 0.332 e. The molecule has 1 aromatic heterocycles. The van der Waals surface area contributed by atoms with Crippen LogP contribution in [-0.4, -0.2) is 35.0 Å². The number of nitrogens with one attached hydrogen (secondary N) is 1. The van der Waals surface area contributed by atoms with Crippen molar-refractivity contribution in [2.45, 2.75) is 45.2 Å². The van der Waals surface area contributed by atoms with Gasteiger partial charge in [0.05, 0.1) is 42.4 Å². The standard InChI is InChI=1S/C26H28ClN3O6/c1-35-22-13-23(36-2)20(12-19(22)27)28-24(32)15-29-21-10-6-5-9-18(21)25(33)30(26(29)34)14-17(31)11-16-7-3-4-8-16/h5-6,9-10,12-13,16H,3-4,7-8,11,14-15H2,1-2H3,(H,28,32). The first-order chi connectivity index (χ1) is 17.3. The predicted octanol–water partition coefficient (Wildman–Crippen LogP) is 3.62. The quantitative estimate of drug-likeness (QED) is 0.468. The molecule has 0 saturated heterocycles. The molecule has 36 heavy (non-hydrogen) atoms. The van der Waals surface area contributed by atoms with Crippen LogP contribution >= 0.6 is 11.6 Å². The Kier molecular flexibility index (Phi) is 7.79. The van der Waals surface area contributed by atoms with E-state index in [4.69, 9.17) is 21.1 Å². The second-order valence-corrected chi connectivity index (χ2v) is 9.31. The van der Waals surface area contributed by atoms with Crippen molar-refractivity contribution < 1.29 is 19.1 Å². The average Bonchev–Trinajstić information content (AvgIpc) is 3.37. The lowest BCUT2D eigenvalue weighted by atomic mass is 10.0. The summed E-state index contributed by atoms with van der Waals surface area (Å²) in [4.78, 5) is 52.2. The van der Waals surface area contributed by atoms with E-state index >= 15 is 0 Å². The molecule has 1 heterocycles. The number of nitrogens with zero attached hydrogens (tertiary/aromatic N) is 2. The number of ether oxygens (including phenoxy) is 2. The molecule has 10 heteroatoms. The van der Waals surface area contributed by atoms with Crippen LogP contribution in [0.25, 0.3) is 10.9 Å². The van der Waals surface area contributed by atoms with Gasteiger partial charge in [0, 0.05) is 12.5 Å². The van der Waals surface area contributed by atoms with Crippen LogP contribution in [0.3, 0.4) is 0 Å². The van der Waals surface area contributed by atoms with Gasteiger partial charge >= 0.3 is 5.69 Å². The van der Waals surface area contributed by atoms with Gasteiger partial charge in [0.1, 0.15) is 18.0 Å². The molecule has 0 unspecified atom stereocenters. The molecule has 1 N–H and O–H groups in total. The molecule has 1 aliphatic carbocycles. The maximum absolute atomic E-state index is 13.4. The number of aromatic nitrogens is 2. The first-order valence-corrected chi connectivity index (χ1v) is 12.2. The van der Waals surface area contributed by atoms with Gasteiger partial charge in [-0.05, 0) is 24.1 Å². The van der Waals surface area contributed by atoms with Crippen molar-refractivity contribution in [2.75, 3.05) is 19.5 Å². The predicted molar refractivity (Wildman–Crippen MR) is 137 cm³/mol. The van der Waals surface area contributed by atoms with Crippen LogP contribution < -0.4 is 26.0 Å². The number of amides is 1. The number of ketones is 1. The van der Waals surface area contributed by atoms with Crippen molar-refractivity contribution >= 4 is 39.9 Å². The first-order valence-electron chi connectivity index (χ1n) is 11.8. The molecule has 0 bridgehead atoms. The van der Waals surface area contributed by atoms with Crippen molar-refractivity contribution in [1.29, 1.82) is 0 Å². The number of halogens is 1. The summed E-state index contributed by atoms with van der Waals surface area (Å²) in [5, 5.41) is 3.22. The Balaban J connectivity index is 1.65. The van der Waals surface area contributed by atoms with Crippen LogP contribution in [0.4, 0.5) is 5.69 Å². The van der Waals surface area contributed by atoms with Gasteiger partial charge < -0.3 is 14.8 Å². The Hall–Kier alpha value is -3.59. The van der Waals surface area contributed by atoms with E-state index in [0.29, 0.717) is 35.0 Å². The van der Waals surface area contributed by atoms with Gasteiger partial charge in [0.15, 0.2) is 5.78 Å². The molecular weight excluding hydrogens is 486 g/mol. The number of benzene rings is 2. The number of carbonyl (C=O) groups is 2. The Bertz CT molecular complexity index is 1420. The zero-order valence-corrected chi connectivity index (χ0v) is 21.0. The lowest BCUT2D eigenvalue weighted by Crippen LogP contribution is -2.43. The Morgan fingerprint density at radius 3 is 2.39 bits per heavy atom. The van der Waals surface area contributed by atoms with Gasteiger partial charge in [0.25, 0.3) is 5.56 Å². The SMILES string of the molecule is COc1cc(OC)c(NC(=O)Cn2c(=O)n(CC(=O)CC3CCCC3)c(=O)c3ccccc32)cc1Cl. The van der Waals surface area contributed by atoms with E-state index in [0.717, 1.165) is 30.3 Å². The monoisotopic (exact) mass is 513 g/mol. The van der Waals surface area contributed by atoms with Crippen LogP contribution in [0.15, 0.2) is 46.0 Å². The Morgan fingerprint density at radius 1 is 1.00 bits per heavy atom. The summed E-state index contributed by atoms with van der Waals surface area (Å²) in [5.74, 6) is 0.301. The normalized spacial score (nSPS) is 13.6. The lowest BCUT2D eigenvalue weighted by molar-refractivity contribution is -0.120. The maximum atomic E-state index is 13.4. The molecule has 0 spiro atoms. The molecule has 4 rings (SSSR count). The van der Waals surface area contributed by atoms with Crippen LogP contribution in [-0.2, 0) is 22.7 Å². The highest BCUT2D eigenvalue weighted by Gasteiger charge is 2.22. The highest BCUT2D eigenvalue weighted by molar-refractivity contribution is 6.32. The third-order valence-corrected chi connectivity index (χ3v) is 6.80. The van der Waals surface area contributed by atoms with Gasteiger partial charge in [-0.2, -0.15) is 0 Å². The number of anilines is 1. The van der Waals surface area contributed by atoms with Crippen molar-refractivity contribution in [3.8, 4) is 11.5 Å². The number of methoxy groups -OCH3 is 2. The third kappa shape index (κ3) is 5.31. The zero-order valence-electron chi connectivity index (χ0n) is 20.2. The molecule has 0 aliphatic heterocycles. The third-order valence-electron chi connectivity index (χ3n) is 6.51. The fraction of sp³-hybridized carbons (Fsp3) is 0.385. The van der Waals surface area contributed by atoms with Gasteiger partial charge in [-0.1, -0.05) is 49.4 Å². The minimum absolute atomic E-state index is 0.162. The highest BCUT2D eigenvalue weighted by atomic mass is 35.5. The molecular formula is C26H28ClN3O6. The summed E-state index contributed by atoms with van der Waals surface area (Å²) in [5.41, 5.74) is -0.656. The fourth-order valence-corrected chi connectivity index (χ4v) is 4.97. The van der Waals surface area contributed by atoms with E-state index in [2.05, 4.69) is 5.32 Å². The zero-order chi connectivity index (χ0) is 25.8. The molecule has 190 valence electrons. The van der Waals surface area contributed by atoms with E-state index in [-0.39, 0.29) is 29.3 Å². The van der Waals surface area contributed by atoms with E-state index in [9.17, 15) is 19.2 Å². The van der Waals surface area contributed by atoms with Crippen LogP contribution in [0.5, 0.6) is 11.5 Å². The second-order valence-electron chi connectivity index (χ2n) is 8.91. The van der Waals surface area contributed by atoms with Crippen molar-refractivity contribution in [3.05, 3.63) is 62.3 Å². The molecule has 1 aliphatic rings. The smallest absolute Gasteiger partial charge is 0.332 e. The number of Topliss-reactive ketones (excluding diaryl/α,β-unsaturated/α-hetero) is 1. The van der Waals surface area contributed by atoms with Crippen LogP contribution in [0, 0.1) is 5.92 Å². The Morgan fingerprint density at radius 2 is 1.69 bits per heavy atom. The summed E-state index contributed by atoms with van der Waals surface area (Å²) in [6.45, 7) is -0.703. The average molecular weight is 514 g/mol. The summed E-state index contributed by atoms with van der Waals surface area (Å²) < 4.78 is 12.6. The molecule has 9 nitrogen and oxygen atoms in total.